The third-order valence-electron chi connectivity index (χ3n) is 3.43. The smallest absolute Gasteiger partial charge is 0.186 e. The lowest BCUT2D eigenvalue weighted by Crippen LogP contribution is -2.35. The standard InChI is InChI=1S/C18H18NS/c1-3-19-17-11-9-14(2)13-15(17)10-12-18(19)20-16-7-5-4-6-8-16/h4-13H,3H2,1-2H3/q+1. The maximum Gasteiger partial charge on any atom is 0.245 e. The summed E-state index contributed by atoms with van der Waals surface area (Å²) in [5.74, 6) is 0. The molecule has 0 unspecified atom stereocenters. The molecule has 3 aromatic rings. The van der Waals surface area contributed by atoms with Crippen molar-refractivity contribution in [2.45, 2.75) is 30.3 Å². The van der Waals surface area contributed by atoms with Crippen LogP contribution in [0.5, 0.6) is 0 Å². The Bertz CT molecular complexity index is 735. The minimum absolute atomic E-state index is 0.982. The molecule has 2 heteroatoms. The van der Waals surface area contributed by atoms with Gasteiger partial charge in [0, 0.05) is 22.4 Å². The number of hydrogen-bond acceptors (Lipinski definition) is 1. The number of aryl methyl sites for hydroxylation is 2. The average molecular weight is 280 g/mol. The number of aromatic nitrogens is 1. The molecule has 0 aliphatic heterocycles. The molecule has 0 saturated heterocycles. The number of rotatable bonds is 3. The van der Waals surface area contributed by atoms with Gasteiger partial charge in [-0.2, -0.15) is 4.57 Å². The lowest BCUT2D eigenvalue weighted by molar-refractivity contribution is -0.704. The summed E-state index contributed by atoms with van der Waals surface area (Å²) in [5, 5.41) is 2.60. The van der Waals surface area contributed by atoms with Crippen LogP contribution in [-0.4, -0.2) is 0 Å². The summed E-state index contributed by atoms with van der Waals surface area (Å²) in [6.45, 7) is 5.33. The fraction of sp³-hybridized carbons (Fsp3) is 0.167. The molecule has 20 heavy (non-hydrogen) atoms. The summed E-state index contributed by atoms with van der Waals surface area (Å²) in [6, 6.07) is 21.6. The Balaban J connectivity index is 2.09. The Labute approximate surface area is 124 Å². The highest BCUT2D eigenvalue weighted by Crippen LogP contribution is 2.26. The Morgan fingerprint density at radius 2 is 1.75 bits per heavy atom. The van der Waals surface area contributed by atoms with Crippen molar-refractivity contribution in [3.8, 4) is 0 Å². The zero-order chi connectivity index (χ0) is 13.9. The first kappa shape index (κ1) is 13.2. The fourth-order valence-corrected chi connectivity index (χ4v) is 3.46. The zero-order valence-corrected chi connectivity index (χ0v) is 12.7. The first-order chi connectivity index (χ1) is 9.78. The fourth-order valence-electron chi connectivity index (χ4n) is 2.45. The Morgan fingerprint density at radius 1 is 0.950 bits per heavy atom. The van der Waals surface area contributed by atoms with Crippen molar-refractivity contribution in [1.82, 2.24) is 0 Å². The third-order valence-corrected chi connectivity index (χ3v) is 4.50. The van der Waals surface area contributed by atoms with E-state index in [9.17, 15) is 0 Å². The second-order valence-corrected chi connectivity index (χ2v) is 5.99. The molecule has 0 fully saturated rings. The molecule has 1 heterocycles. The normalized spacial score (nSPS) is 10.9. The molecule has 100 valence electrons. The minimum Gasteiger partial charge on any atom is -0.186 e. The lowest BCUT2D eigenvalue weighted by Gasteiger charge is -2.06. The number of hydrogen-bond donors (Lipinski definition) is 0. The van der Waals surface area contributed by atoms with Gasteiger partial charge in [-0.05, 0) is 49.9 Å². The molecule has 0 aliphatic carbocycles. The number of fused-ring (bicyclic) bond motifs is 1. The van der Waals surface area contributed by atoms with E-state index in [1.807, 2.05) is 11.8 Å². The van der Waals surface area contributed by atoms with Gasteiger partial charge in [0.25, 0.3) is 0 Å². The zero-order valence-electron chi connectivity index (χ0n) is 11.8. The number of nitrogens with zero attached hydrogens (tertiary/aromatic N) is 1. The van der Waals surface area contributed by atoms with Crippen molar-refractivity contribution in [2.75, 3.05) is 0 Å². The number of pyridine rings is 1. The second-order valence-electron chi connectivity index (χ2n) is 4.89. The predicted octanol–water partition coefficient (Wildman–Crippen LogP) is 4.61. The van der Waals surface area contributed by atoms with Gasteiger partial charge in [0.2, 0.25) is 10.5 Å². The Kier molecular flexibility index (Phi) is 3.75. The van der Waals surface area contributed by atoms with Gasteiger partial charge in [0.15, 0.2) is 0 Å². The molecule has 1 nitrogen and oxygen atoms in total. The minimum atomic E-state index is 0.982. The maximum atomic E-state index is 2.38. The molecule has 3 rings (SSSR count). The van der Waals surface area contributed by atoms with E-state index in [1.165, 1.54) is 26.4 Å². The van der Waals surface area contributed by atoms with Crippen LogP contribution in [0.3, 0.4) is 0 Å². The van der Waals surface area contributed by atoms with Crippen molar-refractivity contribution >= 4 is 22.7 Å². The molecule has 0 spiro atoms. The summed E-state index contributed by atoms with van der Waals surface area (Å²) in [6.07, 6.45) is 0. The SMILES string of the molecule is CC[n+]1c(Sc2ccccc2)ccc2cc(C)ccc21. The molecule has 0 amide bonds. The van der Waals surface area contributed by atoms with Crippen molar-refractivity contribution in [2.24, 2.45) is 0 Å². The van der Waals surface area contributed by atoms with Crippen LogP contribution >= 0.6 is 11.8 Å². The highest BCUT2D eigenvalue weighted by Gasteiger charge is 2.15. The largest absolute Gasteiger partial charge is 0.245 e. The van der Waals surface area contributed by atoms with Crippen LogP contribution < -0.4 is 4.57 Å². The van der Waals surface area contributed by atoms with Crippen molar-refractivity contribution < 1.29 is 4.57 Å². The van der Waals surface area contributed by atoms with Crippen LogP contribution in [0.15, 0.2) is 70.6 Å². The summed E-state index contributed by atoms with van der Waals surface area (Å²) in [7, 11) is 0. The molecule has 0 aliphatic rings. The van der Waals surface area contributed by atoms with Gasteiger partial charge < -0.3 is 0 Å². The van der Waals surface area contributed by atoms with Gasteiger partial charge in [0.1, 0.15) is 6.54 Å². The van der Waals surface area contributed by atoms with Crippen LogP contribution in [0.25, 0.3) is 10.9 Å². The van der Waals surface area contributed by atoms with Gasteiger partial charge >= 0.3 is 0 Å². The van der Waals surface area contributed by atoms with Crippen molar-refractivity contribution in [3.05, 3.63) is 66.2 Å². The van der Waals surface area contributed by atoms with E-state index >= 15 is 0 Å². The van der Waals surface area contributed by atoms with Gasteiger partial charge in [-0.1, -0.05) is 29.8 Å². The molecule has 0 bridgehead atoms. The molecule has 0 N–H and O–H groups in total. The maximum absolute atomic E-state index is 2.38. The van der Waals surface area contributed by atoms with Gasteiger partial charge in [-0.15, -0.1) is 0 Å². The van der Waals surface area contributed by atoms with Crippen LogP contribution in [0.1, 0.15) is 12.5 Å². The molecular formula is C18H18NS+. The molecular weight excluding hydrogens is 262 g/mol. The quantitative estimate of drug-likeness (QED) is 0.634. The molecule has 0 atom stereocenters. The van der Waals surface area contributed by atoms with Gasteiger partial charge in [-0.3, -0.25) is 0 Å². The molecule has 1 aromatic heterocycles. The summed E-state index contributed by atoms with van der Waals surface area (Å²) >= 11 is 1.82. The third kappa shape index (κ3) is 2.56. The first-order valence-electron chi connectivity index (χ1n) is 6.94. The lowest BCUT2D eigenvalue weighted by atomic mass is 10.1. The Morgan fingerprint density at radius 3 is 2.50 bits per heavy atom. The average Bonchev–Trinajstić information content (AvgIpc) is 2.48. The van der Waals surface area contributed by atoms with Gasteiger partial charge in [-0.25, -0.2) is 0 Å². The second kappa shape index (κ2) is 5.68. The summed E-state index contributed by atoms with van der Waals surface area (Å²) in [4.78, 5) is 1.28. The number of benzene rings is 2. The topological polar surface area (TPSA) is 3.88 Å². The van der Waals surface area contributed by atoms with E-state index in [0.29, 0.717) is 0 Å². The van der Waals surface area contributed by atoms with E-state index in [4.69, 9.17) is 0 Å². The van der Waals surface area contributed by atoms with Gasteiger partial charge in [0.05, 0.1) is 0 Å². The van der Waals surface area contributed by atoms with Crippen LogP contribution in [0.4, 0.5) is 0 Å². The molecule has 0 saturated carbocycles. The van der Waals surface area contributed by atoms with Crippen LogP contribution in [-0.2, 0) is 6.54 Å². The molecule has 2 aromatic carbocycles. The van der Waals surface area contributed by atoms with E-state index in [2.05, 4.69) is 79.1 Å². The highest BCUT2D eigenvalue weighted by molar-refractivity contribution is 7.99. The summed E-state index contributed by atoms with van der Waals surface area (Å²) in [5.41, 5.74) is 2.61. The Hall–Kier alpha value is -1.80. The van der Waals surface area contributed by atoms with Crippen LogP contribution in [0.2, 0.25) is 0 Å². The first-order valence-corrected chi connectivity index (χ1v) is 7.75. The predicted molar refractivity (Wildman–Crippen MR) is 85.1 cm³/mol. The summed E-state index contributed by atoms with van der Waals surface area (Å²) < 4.78 is 2.38. The monoisotopic (exact) mass is 280 g/mol. The van der Waals surface area contributed by atoms with E-state index in [-0.39, 0.29) is 0 Å². The van der Waals surface area contributed by atoms with Crippen molar-refractivity contribution in [1.29, 1.82) is 0 Å². The van der Waals surface area contributed by atoms with E-state index in [1.54, 1.807) is 0 Å². The van der Waals surface area contributed by atoms with E-state index in [0.717, 1.165) is 6.54 Å². The highest BCUT2D eigenvalue weighted by atomic mass is 32.2. The van der Waals surface area contributed by atoms with Crippen molar-refractivity contribution in [3.63, 3.8) is 0 Å². The van der Waals surface area contributed by atoms with Crippen LogP contribution in [0, 0.1) is 6.92 Å². The molecule has 0 radical (unpaired) electrons. The van der Waals surface area contributed by atoms with E-state index < -0.39 is 0 Å².